The third-order valence-electron chi connectivity index (χ3n) is 7.23. The van der Waals surface area contributed by atoms with Crippen LogP contribution in [0, 0.1) is 11.3 Å². The first kappa shape index (κ1) is 27.5. The Morgan fingerprint density at radius 1 is 1.00 bits per heavy atom. The maximum absolute atomic E-state index is 13.8. The van der Waals surface area contributed by atoms with Crippen LogP contribution in [-0.2, 0) is 24.8 Å². The fraction of sp³-hybridized carbons (Fsp3) is 0.448. The van der Waals surface area contributed by atoms with Gasteiger partial charge in [0.25, 0.3) is 5.91 Å². The molecule has 1 aliphatic heterocycles. The first-order chi connectivity index (χ1) is 18.0. The van der Waals surface area contributed by atoms with Gasteiger partial charge in [0.05, 0.1) is 6.04 Å². The van der Waals surface area contributed by atoms with Crippen LogP contribution in [0.3, 0.4) is 0 Å². The van der Waals surface area contributed by atoms with Gasteiger partial charge in [-0.15, -0.1) is 0 Å². The lowest BCUT2D eigenvalue weighted by Gasteiger charge is -2.31. The molecule has 0 radical (unpaired) electrons. The molecule has 3 atom stereocenters. The summed E-state index contributed by atoms with van der Waals surface area (Å²) in [5, 5.41) is 29.4. The van der Waals surface area contributed by atoms with Gasteiger partial charge in [-0.05, 0) is 35.8 Å². The number of aliphatic hydroxyl groups is 2. The molecular formula is C29H35N3O6. The van der Waals surface area contributed by atoms with Gasteiger partial charge in [-0.1, -0.05) is 69.3 Å². The molecule has 1 fully saturated rings. The summed E-state index contributed by atoms with van der Waals surface area (Å²) in [5.41, 5.74) is -0.0812. The third kappa shape index (κ3) is 5.35. The molecule has 2 aromatic carbocycles. The topological polar surface area (TPSA) is 145 Å². The van der Waals surface area contributed by atoms with Crippen LogP contribution in [0.5, 0.6) is 0 Å². The summed E-state index contributed by atoms with van der Waals surface area (Å²) in [6.07, 6.45) is 0.795. The highest BCUT2D eigenvalue weighted by atomic mass is 16.3. The van der Waals surface area contributed by atoms with E-state index in [4.69, 9.17) is 0 Å². The van der Waals surface area contributed by atoms with E-state index in [9.17, 15) is 29.4 Å². The number of carbonyl (C=O) groups excluding carboxylic acids is 4. The van der Waals surface area contributed by atoms with Gasteiger partial charge in [0.15, 0.2) is 11.4 Å². The Balaban J connectivity index is 1.61. The second-order valence-corrected chi connectivity index (χ2v) is 11.3. The Kier molecular flexibility index (Phi) is 7.71. The highest BCUT2D eigenvalue weighted by Crippen LogP contribution is 2.47. The quantitative estimate of drug-likeness (QED) is 0.337. The molecule has 5 N–H and O–H groups in total. The minimum absolute atomic E-state index is 0.0534. The fourth-order valence-electron chi connectivity index (χ4n) is 5.35. The predicted molar refractivity (Wildman–Crippen MR) is 141 cm³/mol. The van der Waals surface area contributed by atoms with Gasteiger partial charge in [0.1, 0.15) is 12.6 Å². The van der Waals surface area contributed by atoms with Crippen molar-refractivity contribution < 1.29 is 29.4 Å². The van der Waals surface area contributed by atoms with Crippen LogP contribution in [0.25, 0.3) is 11.1 Å². The molecule has 1 aliphatic carbocycles. The van der Waals surface area contributed by atoms with Gasteiger partial charge in [0.2, 0.25) is 11.8 Å². The maximum Gasteiger partial charge on any atom is 0.262 e. The molecule has 9 nitrogen and oxygen atoms in total. The van der Waals surface area contributed by atoms with E-state index in [1.807, 2.05) is 45.0 Å². The lowest BCUT2D eigenvalue weighted by atomic mass is 9.86. The van der Waals surface area contributed by atoms with E-state index in [1.54, 1.807) is 24.3 Å². The Morgan fingerprint density at radius 3 is 2.08 bits per heavy atom. The van der Waals surface area contributed by atoms with Crippen LogP contribution in [-0.4, -0.2) is 59.0 Å². The van der Waals surface area contributed by atoms with Crippen LogP contribution in [0.15, 0.2) is 48.5 Å². The minimum atomic E-state index is -2.01. The van der Waals surface area contributed by atoms with Crippen molar-refractivity contribution in [2.45, 2.75) is 57.7 Å². The Hall–Kier alpha value is -3.56. The van der Waals surface area contributed by atoms with Crippen LogP contribution in [0.1, 0.15) is 51.2 Å². The van der Waals surface area contributed by atoms with Crippen molar-refractivity contribution in [2.75, 3.05) is 13.2 Å². The average molecular weight is 522 g/mol. The zero-order valence-electron chi connectivity index (χ0n) is 21.9. The van der Waals surface area contributed by atoms with Crippen molar-refractivity contribution in [3.05, 3.63) is 59.7 Å². The largest absolute Gasteiger partial charge is 0.389 e. The molecule has 0 bridgehead atoms. The number of nitrogens with one attached hydrogen (secondary N) is 3. The van der Waals surface area contributed by atoms with Gasteiger partial charge in [-0.2, -0.15) is 0 Å². The Labute approximate surface area is 222 Å². The summed E-state index contributed by atoms with van der Waals surface area (Å²) >= 11 is 0. The van der Waals surface area contributed by atoms with Crippen LogP contribution >= 0.6 is 0 Å². The summed E-state index contributed by atoms with van der Waals surface area (Å²) in [6, 6.07) is 12.0. The number of carbonyl (C=O) groups is 4. The van der Waals surface area contributed by atoms with Crippen molar-refractivity contribution in [2.24, 2.45) is 11.3 Å². The molecule has 4 rings (SSSR count). The molecule has 1 heterocycles. The third-order valence-corrected chi connectivity index (χ3v) is 7.23. The molecular weight excluding hydrogens is 486 g/mol. The van der Waals surface area contributed by atoms with Gasteiger partial charge >= 0.3 is 0 Å². The number of rotatable bonds is 9. The molecule has 0 saturated carbocycles. The van der Waals surface area contributed by atoms with E-state index < -0.39 is 53.2 Å². The van der Waals surface area contributed by atoms with Gasteiger partial charge in [-0.25, -0.2) is 0 Å². The van der Waals surface area contributed by atoms with Crippen LogP contribution < -0.4 is 16.0 Å². The van der Waals surface area contributed by atoms with E-state index >= 15 is 0 Å². The zero-order valence-corrected chi connectivity index (χ0v) is 21.9. The fourth-order valence-corrected chi connectivity index (χ4v) is 5.35. The number of benzene rings is 2. The number of aliphatic hydroxyl groups excluding tert-OH is 1. The zero-order chi connectivity index (χ0) is 27.7. The number of hydrogen-bond donors (Lipinski definition) is 5. The number of amides is 3. The van der Waals surface area contributed by atoms with E-state index in [0.717, 1.165) is 11.1 Å². The predicted octanol–water partition coefficient (Wildman–Crippen LogP) is 1.40. The first-order valence-electron chi connectivity index (χ1n) is 12.9. The van der Waals surface area contributed by atoms with Crippen molar-refractivity contribution in [1.29, 1.82) is 0 Å². The van der Waals surface area contributed by atoms with E-state index in [1.165, 1.54) is 0 Å². The minimum Gasteiger partial charge on any atom is -0.389 e. The van der Waals surface area contributed by atoms with Crippen LogP contribution in [0.2, 0.25) is 0 Å². The summed E-state index contributed by atoms with van der Waals surface area (Å²) < 4.78 is 0. The van der Waals surface area contributed by atoms with Crippen molar-refractivity contribution in [3.8, 4) is 11.1 Å². The Bertz CT molecular complexity index is 1210. The Morgan fingerprint density at radius 2 is 1.58 bits per heavy atom. The highest BCUT2D eigenvalue weighted by Gasteiger charge is 2.49. The summed E-state index contributed by atoms with van der Waals surface area (Å²) in [4.78, 5) is 51.9. The van der Waals surface area contributed by atoms with Crippen molar-refractivity contribution >= 4 is 23.5 Å². The number of fused-ring (bicyclic) bond motifs is 3. The highest BCUT2D eigenvalue weighted by molar-refractivity contribution is 6.01. The molecule has 202 valence electrons. The van der Waals surface area contributed by atoms with Gasteiger partial charge in [0, 0.05) is 23.6 Å². The summed E-state index contributed by atoms with van der Waals surface area (Å²) in [7, 11) is 0. The molecule has 2 aliphatic rings. The SMILES string of the molecule is CC(C)(C)C[C@H](NC(=O)C1(O)c2ccccc2-c2ccccc21)C(=O)N[C@H](C[C@H]1CCNC1=O)C(=O)CO. The number of Topliss-reactive ketones (excluding diaryl/α,β-unsaturated/α-hetero) is 1. The lowest BCUT2D eigenvalue weighted by Crippen LogP contribution is -2.56. The van der Waals surface area contributed by atoms with E-state index in [2.05, 4.69) is 16.0 Å². The first-order valence-corrected chi connectivity index (χ1v) is 12.9. The molecule has 0 aromatic heterocycles. The molecule has 0 unspecified atom stereocenters. The summed E-state index contributed by atoms with van der Waals surface area (Å²) in [5.74, 6) is -2.65. The monoisotopic (exact) mass is 521 g/mol. The normalized spacial score (nSPS) is 19.1. The second kappa shape index (κ2) is 10.7. The number of ketones is 1. The van der Waals surface area contributed by atoms with Gasteiger partial charge in [-0.3, -0.25) is 19.2 Å². The molecule has 1 saturated heterocycles. The van der Waals surface area contributed by atoms with E-state index in [0.29, 0.717) is 24.1 Å². The average Bonchev–Trinajstić information content (AvgIpc) is 3.41. The van der Waals surface area contributed by atoms with Crippen molar-refractivity contribution in [1.82, 2.24) is 16.0 Å². The molecule has 3 amide bonds. The number of hydrogen-bond acceptors (Lipinski definition) is 6. The molecule has 9 heteroatoms. The molecule has 38 heavy (non-hydrogen) atoms. The standard InChI is InChI=1S/C29H35N3O6/c1-28(2,3)15-23(26(36)31-22(24(34)16-33)14-17-12-13-30-25(17)35)32-27(37)29(38)20-10-6-4-8-18(20)19-9-5-7-11-21(19)29/h4-11,17,22-23,33,38H,12-16H2,1-3H3,(H,30,35)(H,31,36)(H,32,37)/t17-,22-,23+/m1/s1. The molecule has 0 spiro atoms. The summed E-state index contributed by atoms with van der Waals surface area (Å²) in [6.45, 7) is 5.43. The van der Waals surface area contributed by atoms with Crippen LogP contribution in [0.4, 0.5) is 0 Å². The smallest absolute Gasteiger partial charge is 0.262 e. The molecule has 2 aromatic rings. The van der Waals surface area contributed by atoms with E-state index in [-0.39, 0.29) is 18.7 Å². The second-order valence-electron chi connectivity index (χ2n) is 11.3. The lowest BCUT2D eigenvalue weighted by molar-refractivity contribution is -0.140. The maximum atomic E-state index is 13.8. The van der Waals surface area contributed by atoms with Crippen molar-refractivity contribution in [3.63, 3.8) is 0 Å². The van der Waals surface area contributed by atoms with Gasteiger partial charge < -0.3 is 26.2 Å².